The Morgan fingerprint density at radius 3 is 0.797 bits per heavy atom. The van der Waals surface area contributed by atoms with Gasteiger partial charge in [-0.3, -0.25) is 14.4 Å². The van der Waals surface area contributed by atoms with Gasteiger partial charge in [-0.2, -0.15) is 0 Å². The monoisotopic (exact) mass is 1090 g/mol. The first kappa shape index (κ1) is 74.5. The van der Waals surface area contributed by atoms with Gasteiger partial charge in [0.25, 0.3) is 0 Å². The third-order valence-corrected chi connectivity index (χ3v) is 13.6. The third-order valence-electron chi connectivity index (χ3n) is 13.6. The summed E-state index contributed by atoms with van der Waals surface area (Å²) in [6.07, 6.45) is 93.0. The van der Waals surface area contributed by atoms with Gasteiger partial charge in [-0.05, 0) is 141 Å². The Balaban J connectivity index is 4.50. The van der Waals surface area contributed by atoms with Crippen LogP contribution in [0.2, 0.25) is 0 Å². The zero-order chi connectivity index (χ0) is 57.1. The fourth-order valence-electron chi connectivity index (χ4n) is 8.72. The van der Waals surface area contributed by atoms with Crippen molar-refractivity contribution in [3.63, 3.8) is 0 Å². The maximum atomic E-state index is 12.9. The molecule has 0 rings (SSSR count). The standard InChI is InChI=1S/C73H120O6/c1-4-7-10-13-16-19-22-25-28-31-34-36-39-42-45-48-51-54-57-60-63-66-72(75)78-69-70(68-77-71(74)65-62-59-56-53-50-47-44-41-38-33-30-27-24-21-18-15-12-9-6-3)79-73(76)67-64-61-58-55-52-49-46-43-40-37-35-32-29-26-23-20-17-14-11-8-5-2/h7,10,16,18-19,21,23,25-28,30,32,34-36,38,40-43,45,70H,4-6,8-9,11-15,17,20,22,24,29,31,33,37,39,44,46-69H2,1-3H3/b10-7-,19-16-,21-18-,26-23-,28-25-,30-27-,35-32-,36-34-,41-38-,43-40-,45-42-. The second-order valence-electron chi connectivity index (χ2n) is 21.3. The molecule has 0 aliphatic rings. The smallest absolute Gasteiger partial charge is 0.306 e. The molecule has 0 aromatic carbocycles. The molecule has 0 saturated carbocycles. The first-order chi connectivity index (χ1) is 39.0. The van der Waals surface area contributed by atoms with Crippen molar-refractivity contribution in [2.75, 3.05) is 13.2 Å². The summed E-state index contributed by atoms with van der Waals surface area (Å²) in [5.41, 5.74) is 0. The highest BCUT2D eigenvalue weighted by Gasteiger charge is 2.19. The summed E-state index contributed by atoms with van der Waals surface area (Å²) in [7, 11) is 0. The van der Waals surface area contributed by atoms with E-state index in [-0.39, 0.29) is 31.1 Å². The van der Waals surface area contributed by atoms with Gasteiger partial charge in [-0.25, -0.2) is 0 Å². The highest BCUT2D eigenvalue weighted by Crippen LogP contribution is 2.14. The van der Waals surface area contributed by atoms with Crippen molar-refractivity contribution < 1.29 is 28.6 Å². The quantitative estimate of drug-likeness (QED) is 0.0261. The van der Waals surface area contributed by atoms with E-state index in [0.717, 1.165) is 161 Å². The summed E-state index contributed by atoms with van der Waals surface area (Å²) < 4.78 is 16.9. The first-order valence-corrected chi connectivity index (χ1v) is 32.7. The Kier molecular flexibility index (Phi) is 62.3. The van der Waals surface area contributed by atoms with Gasteiger partial charge in [-0.1, -0.05) is 264 Å². The molecule has 0 N–H and O–H groups in total. The van der Waals surface area contributed by atoms with E-state index in [4.69, 9.17) is 14.2 Å². The number of hydrogen-bond acceptors (Lipinski definition) is 6. The minimum atomic E-state index is -0.807. The molecule has 0 heterocycles. The number of hydrogen-bond donors (Lipinski definition) is 0. The molecule has 0 saturated heterocycles. The van der Waals surface area contributed by atoms with E-state index in [1.165, 1.54) is 89.9 Å². The number of allylic oxidation sites excluding steroid dienone is 22. The van der Waals surface area contributed by atoms with Gasteiger partial charge >= 0.3 is 17.9 Å². The lowest BCUT2D eigenvalue weighted by Gasteiger charge is -2.18. The first-order valence-electron chi connectivity index (χ1n) is 32.7. The number of carbonyl (C=O) groups is 3. The predicted octanol–water partition coefficient (Wildman–Crippen LogP) is 22.5. The number of rotatable bonds is 58. The minimum Gasteiger partial charge on any atom is -0.462 e. The van der Waals surface area contributed by atoms with Crippen molar-refractivity contribution in [2.45, 2.75) is 297 Å². The van der Waals surface area contributed by atoms with Crippen LogP contribution in [0.1, 0.15) is 290 Å². The van der Waals surface area contributed by atoms with Gasteiger partial charge in [0.1, 0.15) is 13.2 Å². The number of esters is 3. The normalized spacial score (nSPS) is 13.0. The van der Waals surface area contributed by atoms with Crippen molar-refractivity contribution in [3.8, 4) is 0 Å². The van der Waals surface area contributed by atoms with Gasteiger partial charge in [-0.15, -0.1) is 0 Å². The number of ether oxygens (including phenoxy) is 3. The van der Waals surface area contributed by atoms with Gasteiger partial charge < -0.3 is 14.2 Å². The van der Waals surface area contributed by atoms with Gasteiger partial charge in [0, 0.05) is 19.3 Å². The molecule has 6 heteroatoms. The summed E-state index contributed by atoms with van der Waals surface area (Å²) in [6, 6.07) is 0. The number of carbonyl (C=O) groups excluding carboxylic acids is 3. The van der Waals surface area contributed by atoms with Crippen LogP contribution in [0.5, 0.6) is 0 Å². The van der Waals surface area contributed by atoms with Crippen LogP contribution in [0.4, 0.5) is 0 Å². The molecule has 6 nitrogen and oxygen atoms in total. The summed E-state index contributed by atoms with van der Waals surface area (Å²) in [6.45, 7) is 6.46. The molecule has 448 valence electrons. The van der Waals surface area contributed by atoms with E-state index in [0.29, 0.717) is 19.3 Å². The Hall–Kier alpha value is -4.45. The van der Waals surface area contributed by atoms with Crippen LogP contribution in [-0.2, 0) is 28.6 Å². The van der Waals surface area contributed by atoms with E-state index in [2.05, 4.69) is 154 Å². The Bertz CT molecular complexity index is 1680. The molecule has 0 aliphatic carbocycles. The maximum Gasteiger partial charge on any atom is 0.306 e. The van der Waals surface area contributed by atoms with E-state index < -0.39 is 6.10 Å². The van der Waals surface area contributed by atoms with E-state index in [1.807, 2.05) is 0 Å². The molecule has 0 aliphatic heterocycles. The molecule has 1 atom stereocenters. The second kappa shape index (κ2) is 66.1. The molecular formula is C73H120O6. The van der Waals surface area contributed by atoms with Crippen LogP contribution in [0.25, 0.3) is 0 Å². The van der Waals surface area contributed by atoms with Crippen molar-refractivity contribution in [1.82, 2.24) is 0 Å². The highest BCUT2D eigenvalue weighted by atomic mass is 16.6. The molecule has 0 fully saturated rings. The van der Waals surface area contributed by atoms with E-state index in [9.17, 15) is 14.4 Å². The molecular weight excluding hydrogens is 973 g/mol. The number of unbranched alkanes of at least 4 members (excludes halogenated alkanes) is 25. The highest BCUT2D eigenvalue weighted by molar-refractivity contribution is 5.71. The summed E-state index contributed by atoms with van der Waals surface area (Å²) in [5, 5.41) is 0. The molecule has 79 heavy (non-hydrogen) atoms. The largest absolute Gasteiger partial charge is 0.462 e. The van der Waals surface area contributed by atoms with E-state index in [1.54, 1.807) is 0 Å². The van der Waals surface area contributed by atoms with Gasteiger partial charge in [0.2, 0.25) is 0 Å². The van der Waals surface area contributed by atoms with Gasteiger partial charge in [0.05, 0.1) is 0 Å². The Morgan fingerprint density at radius 1 is 0.266 bits per heavy atom. The average Bonchev–Trinajstić information content (AvgIpc) is 3.45. The second-order valence-corrected chi connectivity index (χ2v) is 21.3. The van der Waals surface area contributed by atoms with Crippen molar-refractivity contribution in [1.29, 1.82) is 0 Å². The predicted molar refractivity (Wildman–Crippen MR) is 343 cm³/mol. The van der Waals surface area contributed by atoms with Crippen molar-refractivity contribution >= 4 is 17.9 Å². The molecule has 1 unspecified atom stereocenters. The minimum absolute atomic E-state index is 0.101. The van der Waals surface area contributed by atoms with Crippen LogP contribution in [-0.4, -0.2) is 37.2 Å². The molecule has 0 bridgehead atoms. The van der Waals surface area contributed by atoms with Crippen LogP contribution in [0.3, 0.4) is 0 Å². The Labute approximate surface area is 487 Å². The maximum absolute atomic E-state index is 12.9. The zero-order valence-electron chi connectivity index (χ0n) is 51.3. The Morgan fingerprint density at radius 2 is 0.494 bits per heavy atom. The van der Waals surface area contributed by atoms with Crippen LogP contribution in [0.15, 0.2) is 134 Å². The lowest BCUT2D eigenvalue weighted by molar-refractivity contribution is -0.167. The van der Waals surface area contributed by atoms with Crippen LogP contribution >= 0.6 is 0 Å². The molecule has 0 spiro atoms. The van der Waals surface area contributed by atoms with Crippen molar-refractivity contribution in [2.24, 2.45) is 0 Å². The van der Waals surface area contributed by atoms with Gasteiger partial charge in [0.15, 0.2) is 6.10 Å². The topological polar surface area (TPSA) is 78.9 Å². The lowest BCUT2D eigenvalue weighted by atomic mass is 10.1. The molecule has 0 aromatic rings. The molecule has 0 radical (unpaired) electrons. The van der Waals surface area contributed by atoms with Crippen molar-refractivity contribution in [3.05, 3.63) is 134 Å². The third kappa shape index (κ3) is 64.3. The molecule has 0 aromatic heterocycles. The lowest BCUT2D eigenvalue weighted by Crippen LogP contribution is -2.30. The summed E-state index contributed by atoms with van der Waals surface area (Å²) in [5.74, 6) is -0.940. The van der Waals surface area contributed by atoms with Crippen LogP contribution < -0.4 is 0 Å². The average molecular weight is 1090 g/mol. The SMILES string of the molecule is CC/C=C\C/C=C\C/C=C\C/C=C\C/C=C\CCCCCCCC(=O)OCC(COC(=O)CCCCCCCC/C=C\C/C=C\C/C=C\CCCCC)OC(=O)CCCCCCCC/C=C\C/C=C\C/C=C\CCCCCCC. The molecule has 0 amide bonds. The fraction of sp³-hybridized carbons (Fsp3) is 0.658. The summed E-state index contributed by atoms with van der Waals surface area (Å²) >= 11 is 0. The van der Waals surface area contributed by atoms with E-state index >= 15 is 0 Å². The fourth-order valence-corrected chi connectivity index (χ4v) is 8.72. The summed E-state index contributed by atoms with van der Waals surface area (Å²) in [4.78, 5) is 38.4. The van der Waals surface area contributed by atoms with Crippen LogP contribution in [0, 0.1) is 0 Å². The zero-order valence-corrected chi connectivity index (χ0v) is 51.3.